The molecule has 0 spiro atoms. The molecule has 0 bridgehead atoms. The van der Waals surface area contributed by atoms with Gasteiger partial charge in [-0.2, -0.15) is 0 Å². The van der Waals surface area contributed by atoms with Gasteiger partial charge in [0.25, 0.3) is 0 Å². The average Bonchev–Trinajstić information content (AvgIpc) is 2.87. The first kappa shape index (κ1) is 7.56. The Bertz CT molecular complexity index is 134. The van der Waals surface area contributed by atoms with Crippen molar-refractivity contribution >= 4 is 0 Å². The topological polar surface area (TPSA) is 32.3 Å². The molecule has 2 nitrogen and oxygen atoms in total. The van der Waals surface area contributed by atoms with Gasteiger partial charge in [-0.1, -0.05) is 0 Å². The van der Waals surface area contributed by atoms with E-state index in [0.717, 1.165) is 18.5 Å². The Hall–Kier alpha value is -0.0800. The van der Waals surface area contributed by atoms with E-state index in [9.17, 15) is 0 Å². The summed E-state index contributed by atoms with van der Waals surface area (Å²) in [5.74, 6) is 1.53. The first-order chi connectivity index (χ1) is 5.40. The first-order valence-corrected chi connectivity index (χ1v) is 4.74. The van der Waals surface area contributed by atoms with E-state index in [1.165, 1.54) is 25.7 Å². The highest BCUT2D eigenvalue weighted by Gasteiger charge is 2.34. The smallest absolute Gasteiger partial charge is 0.0460 e. The molecule has 1 aliphatic heterocycles. The summed E-state index contributed by atoms with van der Waals surface area (Å²) in [6, 6.07) is 0.737. The zero-order valence-electron chi connectivity index (χ0n) is 6.92. The molecule has 1 saturated carbocycles. The lowest BCUT2D eigenvalue weighted by atomic mass is 9.91. The standard InChI is InChI=1S/C9H17NO/c11-6-7-3-4-10-9(5-7)8-1-2-8/h7-11H,1-6H2. The van der Waals surface area contributed by atoms with E-state index in [0.29, 0.717) is 12.5 Å². The molecular weight excluding hydrogens is 138 g/mol. The van der Waals surface area contributed by atoms with E-state index in [-0.39, 0.29) is 0 Å². The van der Waals surface area contributed by atoms with Crippen LogP contribution in [-0.2, 0) is 0 Å². The predicted octanol–water partition coefficient (Wildman–Crippen LogP) is 0.757. The molecule has 1 saturated heterocycles. The van der Waals surface area contributed by atoms with E-state index in [1.54, 1.807) is 0 Å². The van der Waals surface area contributed by atoms with Crippen LogP contribution in [0.2, 0.25) is 0 Å². The SMILES string of the molecule is OCC1CCNC(C2CC2)C1. The van der Waals surface area contributed by atoms with Gasteiger partial charge in [0.05, 0.1) is 0 Å². The number of piperidine rings is 1. The average molecular weight is 155 g/mol. The second-order valence-electron chi connectivity index (χ2n) is 3.97. The molecule has 0 aromatic heterocycles. The molecule has 1 heterocycles. The number of aliphatic hydroxyl groups is 1. The van der Waals surface area contributed by atoms with Crippen molar-refractivity contribution in [1.29, 1.82) is 0 Å². The lowest BCUT2D eigenvalue weighted by Crippen LogP contribution is -2.40. The molecule has 2 unspecified atom stereocenters. The number of hydrogen-bond donors (Lipinski definition) is 2. The van der Waals surface area contributed by atoms with Crippen LogP contribution < -0.4 is 5.32 Å². The molecule has 0 aromatic carbocycles. The summed E-state index contributed by atoms with van der Waals surface area (Å²) in [5.41, 5.74) is 0. The third kappa shape index (κ3) is 1.74. The minimum absolute atomic E-state index is 0.394. The maximum absolute atomic E-state index is 8.98. The van der Waals surface area contributed by atoms with Gasteiger partial charge in [-0.25, -0.2) is 0 Å². The normalized spacial score (nSPS) is 39.0. The second kappa shape index (κ2) is 3.11. The molecule has 2 aliphatic rings. The van der Waals surface area contributed by atoms with Gasteiger partial charge < -0.3 is 10.4 Å². The molecule has 2 atom stereocenters. The largest absolute Gasteiger partial charge is 0.396 e. The number of hydrogen-bond acceptors (Lipinski definition) is 2. The minimum atomic E-state index is 0.394. The summed E-state index contributed by atoms with van der Waals surface area (Å²) in [6.45, 7) is 1.51. The Kier molecular flexibility index (Phi) is 2.14. The number of nitrogens with one attached hydrogen (secondary N) is 1. The molecule has 0 amide bonds. The highest BCUT2D eigenvalue weighted by molar-refractivity contribution is 4.90. The molecular formula is C9H17NO. The van der Waals surface area contributed by atoms with Crippen molar-refractivity contribution in [1.82, 2.24) is 5.32 Å². The summed E-state index contributed by atoms with van der Waals surface area (Å²) in [7, 11) is 0. The van der Waals surface area contributed by atoms with Gasteiger partial charge in [-0.3, -0.25) is 0 Å². The number of rotatable bonds is 2. The maximum atomic E-state index is 8.98. The summed E-state index contributed by atoms with van der Waals surface area (Å²) >= 11 is 0. The summed E-state index contributed by atoms with van der Waals surface area (Å²) in [5, 5.41) is 12.5. The Balaban J connectivity index is 1.82. The molecule has 2 rings (SSSR count). The van der Waals surface area contributed by atoms with Crippen LogP contribution in [0.15, 0.2) is 0 Å². The van der Waals surface area contributed by atoms with Crippen LogP contribution in [0.4, 0.5) is 0 Å². The first-order valence-electron chi connectivity index (χ1n) is 4.74. The van der Waals surface area contributed by atoms with Crippen molar-refractivity contribution < 1.29 is 5.11 Å². The fourth-order valence-electron chi connectivity index (χ4n) is 2.06. The molecule has 2 N–H and O–H groups in total. The summed E-state index contributed by atoms with van der Waals surface area (Å²) < 4.78 is 0. The predicted molar refractivity (Wildman–Crippen MR) is 44.3 cm³/mol. The van der Waals surface area contributed by atoms with Crippen LogP contribution in [0, 0.1) is 11.8 Å². The Morgan fingerprint density at radius 1 is 1.27 bits per heavy atom. The van der Waals surface area contributed by atoms with Crippen LogP contribution in [0.1, 0.15) is 25.7 Å². The highest BCUT2D eigenvalue weighted by Crippen LogP contribution is 2.36. The minimum Gasteiger partial charge on any atom is -0.396 e. The lowest BCUT2D eigenvalue weighted by Gasteiger charge is -2.29. The van der Waals surface area contributed by atoms with Gasteiger partial charge in [0.1, 0.15) is 0 Å². The van der Waals surface area contributed by atoms with Gasteiger partial charge in [-0.15, -0.1) is 0 Å². The van der Waals surface area contributed by atoms with Crippen molar-refractivity contribution in [3.8, 4) is 0 Å². The Labute approximate surface area is 68.0 Å². The van der Waals surface area contributed by atoms with Gasteiger partial charge in [0.15, 0.2) is 0 Å². The lowest BCUT2D eigenvalue weighted by molar-refractivity contribution is 0.170. The van der Waals surface area contributed by atoms with Gasteiger partial charge in [0.2, 0.25) is 0 Å². The van der Waals surface area contributed by atoms with Crippen molar-refractivity contribution in [2.24, 2.45) is 11.8 Å². The van der Waals surface area contributed by atoms with Crippen LogP contribution in [0.5, 0.6) is 0 Å². The monoisotopic (exact) mass is 155 g/mol. The van der Waals surface area contributed by atoms with E-state index in [1.807, 2.05) is 0 Å². The molecule has 0 radical (unpaired) electrons. The summed E-state index contributed by atoms with van der Waals surface area (Å²) in [6.07, 6.45) is 5.20. The molecule has 2 heteroatoms. The van der Waals surface area contributed by atoms with Gasteiger partial charge >= 0.3 is 0 Å². The zero-order chi connectivity index (χ0) is 7.68. The molecule has 2 fully saturated rings. The van der Waals surface area contributed by atoms with Gasteiger partial charge in [-0.05, 0) is 44.1 Å². The summed E-state index contributed by atoms with van der Waals surface area (Å²) in [4.78, 5) is 0. The van der Waals surface area contributed by atoms with E-state index >= 15 is 0 Å². The van der Waals surface area contributed by atoms with Crippen LogP contribution >= 0.6 is 0 Å². The Morgan fingerprint density at radius 3 is 2.73 bits per heavy atom. The van der Waals surface area contributed by atoms with Crippen LogP contribution in [0.3, 0.4) is 0 Å². The molecule has 0 aromatic rings. The second-order valence-corrected chi connectivity index (χ2v) is 3.97. The zero-order valence-corrected chi connectivity index (χ0v) is 6.92. The van der Waals surface area contributed by atoms with Crippen molar-refractivity contribution in [2.75, 3.05) is 13.2 Å². The molecule has 11 heavy (non-hydrogen) atoms. The van der Waals surface area contributed by atoms with Crippen molar-refractivity contribution in [2.45, 2.75) is 31.7 Å². The van der Waals surface area contributed by atoms with E-state index < -0.39 is 0 Å². The molecule has 64 valence electrons. The third-order valence-electron chi connectivity index (χ3n) is 3.00. The van der Waals surface area contributed by atoms with Crippen molar-refractivity contribution in [3.63, 3.8) is 0 Å². The van der Waals surface area contributed by atoms with E-state index in [2.05, 4.69) is 5.32 Å². The van der Waals surface area contributed by atoms with E-state index in [4.69, 9.17) is 5.11 Å². The fourth-order valence-corrected chi connectivity index (χ4v) is 2.06. The highest BCUT2D eigenvalue weighted by atomic mass is 16.3. The number of aliphatic hydroxyl groups excluding tert-OH is 1. The maximum Gasteiger partial charge on any atom is 0.0460 e. The van der Waals surface area contributed by atoms with Crippen molar-refractivity contribution in [3.05, 3.63) is 0 Å². The third-order valence-corrected chi connectivity index (χ3v) is 3.00. The fraction of sp³-hybridized carbons (Fsp3) is 1.00. The van der Waals surface area contributed by atoms with Crippen LogP contribution in [0.25, 0.3) is 0 Å². The quantitative estimate of drug-likeness (QED) is 0.617. The van der Waals surface area contributed by atoms with Gasteiger partial charge in [0, 0.05) is 12.6 Å². The Morgan fingerprint density at radius 2 is 2.09 bits per heavy atom. The molecule has 1 aliphatic carbocycles. The van der Waals surface area contributed by atoms with Crippen LogP contribution in [-0.4, -0.2) is 24.3 Å².